The molecule has 0 saturated heterocycles. The van der Waals surface area contributed by atoms with E-state index in [1.807, 2.05) is 19.0 Å². The monoisotopic (exact) mass is 366 g/mol. The summed E-state index contributed by atoms with van der Waals surface area (Å²) in [5.41, 5.74) is 0.200. The van der Waals surface area contributed by atoms with Crippen LogP contribution in [-0.4, -0.2) is 63.4 Å². The van der Waals surface area contributed by atoms with E-state index in [0.717, 1.165) is 12.6 Å². The topological polar surface area (TPSA) is 75.2 Å². The predicted molar refractivity (Wildman–Crippen MR) is 74.8 cm³/mol. The van der Waals surface area contributed by atoms with Crippen molar-refractivity contribution in [2.45, 2.75) is 11.3 Å². The van der Waals surface area contributed by atoms with E-state index in [9.17, 15) is 12.8 Å². The zero-order valence-electron chi connectivity index (χ0n) is 11.1. The van der Waals surface area contributed by atoms with Crippen LogP contribution >= 0.6 is 0 Å². The number of aromatic nitrogens is 2. The number of fused-ring (bicyclic) bond motifs is 1. The molecule has 0 unspecified atom stereocenters. The first-order chi connectivity index (χ1) is 9.42. The van der Waals surface area contributed by atoms with E-state index < -0.39 is 30.8 Å². The summed E-state index contributed by atoms with van der Waals surface area (Å²) in [6, 6.07) is 2.36. The van der Waals surface area contributed by atoms with E-state index in [4.69, 9.17) is 0 Å². The first kappa shape index (κ1) is 15.5. The molecule has 0 atom stereocenters. The molecule has 0 spiro atoms. The van der Waals surface area contributed by atoms with Crippen LogP contribution in [0.25, 0.3) is 11.0 Å². The van der Waals surface area contributed by atoms with Crippen molar-refractivity contribution in [3.05, 3.63) is 17.9 Å². The average Bonchev–Trinajstić information content (AvgIpc) is 2.84. The fraction of sp³-hybridized carbons (Fsp3) is 0.455. The quantitative estimate of drug-likeness (QED) is 0.579. The summed E-state index contributed by atoms with van der Waals surface area (Å²) >= 11 is -0.473. The van der Waals surface area contributed by atoms with Gasteiger partial charge in [-0.25, -0.2) is 0 Å². The maximum atomic E-state index is 13.5. The molecule has 2 rings (SSSR count). The Bertz CT molecular complexity index is 702. The van der Waals surface area contributed by atoms with Crippen LogP contribution in [0.1, 0.15) is 6.42 Å². The number of halogens is 1. The summed E-state index contributed by atoms with van der Waals surface area (Å²) in [5.74, 6) is -0.533. The molecule has 0 bridgehead atoms. The second kappa shape index (κ2) is 6.28. The Hall–Kier alpha value is -0.861. The minimum absolute atomic E-state index is 0.00174. The molecule has 0 amide bonds. The van der Waals surface area contributed by atoms with Gasteiger partial charge < -0.3 is 0 Å². The summed E-state index contributed by atoms with van der Waals surface area (Å²) in [7, 11) is 0.162. The van der Waals surface area contributed by atoms with Gasteiger partial charge in [0.2, 0.25) is 0 Å². The van der Waals surface area contributed by atoms with E-state index in [1.54, 1.807) is 0 Å². The molecule has 0 fully saturated rings. The first-order valence-electron chi connectivity index (χ1n) is 5.97. The van der Waals surface area contributed by atoms with E-state index in [0.29, 0.717) is 13.0 Å². The molecule has 1 aromatic carbocycles. The van der Waals surface area contributed by atoms with Gasteiger partial charge in [0, 0.05) is 0 Å². The first-order valence-corrected chi connectivity index (χ1v) is 8.98. The number of rotatable bonds is 6. The van der Waals surface area contributed by atoms with Crippen molar-refractivity contribution in [2.24, 2.45) is 0 Å². The maximum absolute atomic E-state index is 13.5. The molecule has 110 valence electrons. The van der Waals surface area contributed by atoms with Gasteiger partial charge in [-0.2, -0.15) is 0 Å². The van der Waals surface area contributed by atoms with Crippen LogP contribution in [0.15, 0.2) is 17.0 Å². The average molecular weight is 365 g/mol. The molecule has 1 heterocycles. The zero-order chi connectivity index (χ0) is 14.8. The van der Waals surface area contributed by atoms with Crippen LogP contribution in [-0.2, 0) is 10.0 Å². The van der Waals surface area contributed by atoms with Gasteiger partial charge in [-0.15, -0.1) is 0 Å². The third kappa shape index (κ3) is 3.42. The third-order valence-corrected chi connectivity index (χ3v) is 5.29. The van der Waals surface area contributed by atoms with Crippen LogP contribution in [0, 0.1) is 5.82 Å². The number of nitrogens with zero attached hydrogens (tertiary/aromatic N) is 3. The van der Waals surface area contributed by atoms with Crippen LogP contribution in [0.5, 0.6) is 0 Å². The van der Waals surface area contributed by atoms with Crippen LogP contribution in [0.4, 0.5) is 4.39 Å². The molecule has 1 aromatic heterocycles. The van der Waals surface area contributed by atoms with Crippen molar-refractivity contribution in [2.75, 3.05) is 27.2 Å². The van der Waals surface area contributed by atoms with E-state index in [2.05, 4.69) is 12.7 Å². The number of hydrogen-bond acceptors (Lipinski definition) is 5. The zero-order valence-corrected chi connectivity index (χ0v) is 13.7. The molecule has 2 aromatic rings. The van der Waals surface area contributed by atoms with Gasteiger partial charge in [0.25, 0.3) is 0 Å². The van der Waals surface area contributed by atoms with Crippen LogP contribution < -0.4 is 4.72 Å². The Kier molecular flexibility index (Phi) is 4.87. The van der Waals surface area contributed by atoms with E-state index >= 15 is 0 Å². The second-order valence-corrected chi connectivity index (χ2v) is 7.41. The number of nitrogens with one attached hydrogen (secondary N) is 1. The SMILES string of the molecule is CN(C)CCCNS(=O)(=O)c1ccc(F)c2n[se]nc12. The molecule has 0 aliphatic rings. The van der Waals surface area contributed by atoms with E-state index in [1.165, 1.54) is 6.07 Å². The Morgan fingerprint density at radius 3 is 2.70 bits per heavy atom. The summed E-state index contributed by atoms with van der Waals surface area (Å²) < 4.78 is 48.3. The number of hydrogen-bond donors (Lipinski definition) is 1. The predicted octanol–water partition coefficient (Wildman–Crippen LogP) is 0.0559. The Morgan fingerprint density at radius 2 is 2.00 bits per heavy atom. The van der Waals surface area contributed by atoms with Gasteiger partial charge in [0.05, 0.1) is 0 Å². The van der Waals surface area contributed by atoms with Gasteiger partial charge in [-0.05, 0) is 0 Å². The fourth-order valence-electron chi connectivity index (χ4n) is 1.71. The van der Waals surface area contributed by atoms with Crippen molar-refractivity contribution >= 4 is 36.0 Å². The van der Waals surface area contributed by atoms with Gasteiger partial charge >= 0.3 is 123 Å². The van der Waals surface area contributed by atoms with Gasteiger partial charge in [0.1, 0.15) is 0 Å². The minimum atomic E-state index is -3.68. The molecular weight excluding hydrogens is 350 g/mol. The summed E-state index contributed by atoms with van der Waals surface area (Å²) in [6.07, 6.45) is 0.696. The molecule has 1 N–H and O–H groups in total. The van der Waals surface area contributed by atoms with Crippen LogP contribution in [0.3, 0.4) is 0 Å². The molecule has 0 aliphatic heterocycles. The van der Waals surface area contributed by atoms with Gasteiger partial charge in [-0.3, -0.25) is 0 Å². The normalized spacial score (nSPS) is 12.4. The van der Waals surface area contributed by atoms with E-state index in [-0.39, 0.29) is 15.9 Å². The standard InChI is InChI=1S/C11H15FN4O2SSe/c1-16(2)7-3-6-13-19(17,18)9-5-4-8(12)10-11(9)15-20-14-10/h4-5,13H,3,6-7H2,1-2H3. The molecule has 0 aliphatic carbocycles. The summed E-state index contributed by atoms with van der Waals surface area (Å²) in [6.45, 7) is 1.11. The van der Waals surface area contributed by atoms with Crippen molar-refractivity contribution < 1.29 is 12.8 Å². The van der Waals surface area contributed by atoms with Crippen molar-refractivity contribution in [3.63, 3.8) is 0 Å². The second-order valence-electron chi connectivity index (χ2n) is 4.56. The Labute approximate surface area is 123 Å². The summed E-state index contributed by atoms with van der Waals surface area (Å²) in [5, 5.41) is 0. The fourth-order valence-corrected chi connectivity index (χ4v) is 4.23. The Balaban J connectivity index is 2.20. The number of sulfonamides is 1. The molecule has 9 heteroatoms. The summed E-state index contributed by atoms with van der Waals surface area (Å²) in [4.78, 5) is 1.97. The molecule has 20 heavy (non-hydrogen) atoms. The van der Waals surface area contributed by atoms with Gasteiger partial charge in [0.15, 0.2) is 0 Å². The molecule has 6 nitrogen and oxygen atoms in total. The molecule has 0 radical (unpaired) electrons. The number of benzene rings is 1. The molecular formula is C11H15FN4O2SSe. The van der Waals surface area contributed by atoms with Gasteiger partial charge in [-0.1, -0.05) is 0 Å². The third-order valence-electron chi connectivity index (χ3n) is 2.69. The van der Waals surface area contributed by atoms with Crippen molar-refractivity contribution in [1.29, 1.82) is 0 Å². The van der Waals surface area contributed by atoms with Crippen molar-refractivity contribution in [3.8, 4) is 0 Å². The Morgan fingerprint density at radius 1 is 1.30 bits per heavy atom. The van der Waals surface area contributed by atoms with Crippen LogP contribution in [0.2, 0.25) is 0 Å². The van der Waals surface area contributed by atoms with Crippen molar-refractivity contribution in [1.82, 2.24) is 17.6 Å². The molecule has 0 saturated carbocycles.